The van der Waals surface area contributed by atoms with Gasteiger partial charge in [0.2, 0.25) is 0 Å². The molecule has 2 N–H and O–H groups in total. The maximum Gasteiger partial charge on any atom is 0.0897 e. The van der Waals surface area contributed by atoms with Crippen LogP contribution in [-0.4, -0.2) is 37.5 Å². The van der Waals surface area contributed by atoms with Gasteiger partial charge in [0.1, 0.15) is 0 Å². The van der Waals surface area contributed by atoms with Crippen molar-refractivity contribution in [2.75, 3.05) is 26.3 Å². The second-order valence-corrected chi connectivity index (χ2v) is 5.41. The molecule has 94 valence electrons. The Kier molecular flexibility index (Phi) is 4.62. The lowest BCUT2D eigenvalue weighted by molar-refractivity contribution is 0.0421. The van der Waals surface area contributed by atoms with Gasteiger partial charge in [-0.3, -0.25) is 0 Å². The number of rotatable bonds is 7. The van der Waals surface area contributed by atoms with Gasteiger partial charge in [0.25, 0.3) is 0 Å². The summed E-state index contributed by atoms with van der Waals surface area (Å²) in [5.41, 5.74) is 0. The molecule has 0 saturated heterocycles. The van der Waals surface area contributed by atoms with E-state index in [0.29, 0.717) is 19.8 Å². The number of fused-ring (bicyclic) bond motifs is 2. The zero-order chi connectivity index (χ0) is 11.4. The first-order chi connectivity index (χ1) is 7.79. The summed E-state index contributed by atoms with van der Waals surface area (Å²) >= 11 is 0. The molecular weight excluding hydrogens is 202 g/mol. The Balaban J connectivity index is 1.54. The van der Waals surface area contributed by atoms with E-state index < -0.39 is 0 Å². The van der Waals surface area contributed by atoms with E-state index in [9.17, 15) is 5.11 Å². The van der Waals surface area contributed by atoms with E-state index in [2.05, 4.69) is 5.32 Å². The molecule has 0 aromatic heterocycles. The Bertz CT molecular complexity index is 210. The van der Waals surface area contributed by atoms with Crippen LogP contribution in [0.2, 0.25) is 0 Å². The largest absolute Gasteiger partial charge is 0.389 e. The standard InChI is InChI=1S/C13H25NO2/c1-2-16-9-13(15)8-14-7-12-6-10-3-4-11(12)5-10/h10-15H,2-9H2,1H3. The molecule has 0 aromatic carbocycles. The summed E-state index contributed by atoms with van der Waals surface area (Å²) in [6.07, 6.45) is 5.44. The van der Waals surface area contributed by atoms with E-state index in [0.717, 1.165) is 24.3 Å². The van der Waals surface area contributed by atoms with Crippen LogP contribution in [0.15, 0.2) is 0 Å². The Morgan fingerprint density at radius 3 is 2.88 bits per heavy atom. The van der Waals surface area contributed by atoms with Crippen LogP contribution < -0.4 is 5.32 Å². The van der Waals surface area contributed by atoms with Crippen LogP contribution in [0.5, 0.6) is 0 Å². The smallest absolute Gasteiger partial charge is 0.0897 e. The highest BCUT2D eigenvalue weighted by molar-refractivity contribution is 4.90. The van der Waals surface area contributed by atoms with Crippen molar-refractivity contribution in [1.82, 2.24) is 5.32 Å². The highest BCUT2D eigenvalue weighted by Crippen LogP contribution is 2.47. The SMILES string of the molecule is CCOCC(O)CNCC1CC2CCC1C2. The third kappa shape index (κ3) is 3.19. The van der Waals surface area contributed by atoms with Crippen LogP contribution in [-0.2, 0) is 4.74 Å². The topological polar surface area (TPSA) is 41.5 Å². The minimum atomic E-state index is -0.349. The van der Waals surface area contributed by atoms with Crippen molar-refractivity contribution in [1.29, 1.82) is 0 Å². The summed E-state index contributed by atoms with van der Waals surface area (Å²) in [6, 6.07) is 0. The predicted octanol–water partition coefficient (Wildman–Crippen LogP) is 1.41. The number of hydrogen-bond acceptors (Lipinski definition) is 3. The van der Waals surface area contributed by atoms with E-state index in [1.807, 2.05) is 6.92 Å². The maximum absolute atomic E-state index is 9.60. The quantitative estimate of drug-likeness (QED) is 0.691. The molecule has 3 nitrogen and oxygen atoms in total. The molecule has 2 bridgehead atoms. The van der Waals surface area contributed by atoms with Gasteiger partial charge < -0.3 is 15.2 Å². The van der Waals surface area contributed by atoms with Gasteiger partial charge in [-0.05, 0) is 50.5 Å². The molecule has 0 heterocycles. The summed E-state index contributed by atoms with van der Waals surface area (Å²) in [6.45, 7) is 4.86. The first-order valence-electron chi connectivity index (χ1n) is 6.76. The summed E-state index contributed by atoms with van der Waals surface area (Å²) in [5, 5.41) is 13.0. The van der Waals surface area contributed by atoms with Gasteiger partial charge in [-0.2, -0.15) is 0 Å². The van der Waals surface area contributed by atoms with Crippen LogP contribution in [0, 0.1) is 17.8 Å². The zero-order valence-electron chi connectivity index (χ0n) is 10.3. The normalized spacial score (nSPS) is 34.5. The number of ether oxygens (including phenoxy) is 1. The lowest BCUT2D eigenvalue weighted by atomic mass is 9.89. The summed E-state index contributed by atoms with van der Waals surface area (Å²) < 4.78 is 5.18. The van der Waals surface area contributed by atoms with Gasteiger partial charge >= 0.3 is 0 Å². The van der Waals surface area contributed by atoms with E-state index in [-0.39, 0.29) is 6.10 Å². The van der Waals surface area contributed by atoms with Crippen molar-refractivity contribution >= 4 is 0 Å². The zero-order valence-corrected chi connectivity index (χ0v) is 10.3. The lowest BCUT2D eigenvalue weighted by Gasteiger charge is -2.22. The summed E-state index contributed by atoms with van der Waals surface area (Å²) in [7, 11) is 0. The van der Waals surface area contributed by atoms with Crippen LogP contribution in [0.4, 0.5) is 0 Å². The van der Waals surface area contributed by atoms with Crippen molar-refractivity contribution in [2.24, 2.45) is 17.8 Å². The van der Waals surface area contributed by atoms with E-state index >= 15 is 0 Å². The predicted molar refractivity (Wildman–Crippen MR) is 64.3 cm³/mol. The first kappa shape index (κ1) is 12.3. The number of hydrogen-bond donors (Lipinski definition) is 2. The highest BCUT2D eigenvalue weighted by atomic mass is 16.5. The molecular formula is C13H25NO2. The van der Waals surface area contributed by atoms with Gasteiger partial charge in [0.05, 0.1) is 12.7 Å². The number of aliphatic hydroxyl groups is 1. The van der Waals surface area contributed by atoms with Gasteiger partial charge in [0, 0.05) is 13.2 Å². The first-order valence-corrected chi connectivity index (χ1v) is 6.76. The molecule has 2 rings (SSSR count). The van der Waals surface area contributed by atoms with E-state index in [1.54, 1.807) is 0 Å². The van der Waals surface area contributed by atoms with Gasteiger partial charge in [-0.1, -0.05) is 6.42 Å². The van der Waals surface area contributed by atoms with Crippen molar-refractivity contribution in [3.63, 3.8) is 0 Å². The monoisotopic (exact) mass is 227 g/mol. The number of nitrogens with one attached hydrogen (secondary N) is 1. The minimum absolute atomic E-state index is 0.349. The molecule has 0 radical (unpaired) electrons. The second-order valence-electron chi connectivity index (χ2n) is 5.41. The third-order valence-electron chi connectivity index (χ3n) is 4.19. The fourth-order valence-electron chi connectivity index (χ4n) is 3.37. The van der Waals surface area contributed by atoms with Gasteiger partial charge in [-0.15, -0.1) is 0 Å². The fourth-order valence-corrected chi connectivity index (χ4v) is 3.37. The minimum Gasteiger partial charge on any atom is -0.389 e. The molecule has 0 aliphatic heterocycles. The van der Waals surface area contributed by atoms with Crippen molar-refractivity contribution in [3.05, 3.63) is 0 Å². The maximum atomic E-state index is 9.60. The van der Waals surface area contributed by atoms with Crippen LogP contribution >= 0.6 is 0 Å². The molecule has 0 amide bonds. The van der Waals surface area contributed by atoms with Gasteiger partial charge in [-0.25, -0.2) is 0 Å². The van der Waals surface area contributed by atoms with Crippen molar-refractivity contribution < 1.29 is 9.84 Å². The van der Waals surface area contributed by atoms with Crippen LogP contribution in [0.3, 0.4) is 0 Å². The summed E-state index contributed by atoms with van der Waals surface area (Å²) in [4.78, 5) is 0. The average molecular weight is 227 g/mol. The van der Waals surface area contributed by atoms with Crippen LogP contribution in [0.1, 0.15) is 32.6 Å². The highest BCUT2D eigenvalue weighted by Gasteiger charge is 2.38. The Morgan fingerprint density at radius 1 is 1.38 bits per heavy atom. The third-order valence-corrected chi connectivity index (χ3v) is 4.19. The van der Waals surface area contributed by atoms with Crippen LogP contribution in [0.25, 0.3) is 0 Å². The van der Waals surface area contributed by atoms with Crippen molar-refractivity contribution in [2.45, 2.75) is 38.7 Å². The molecule has 2 aliphatic rings. The Hall–Kier alpha value is -0.120. The van der Waals surface area contributed by atoms with Gasteiger partial charge in [0.15, 0.2) is 0 Å². The second kappa shape index (κ2) is 5.99. The molecule has 2 aliphatic carbocycles. The van der Waals surface area contributed by atoms with E-state index in [1.165, 1.54) is 25.7 Å². The Labute approximate surface area is 98.6 Å². The molecule has 3 heteroatoms. The summed E-state index contributed by atoms with van der Waals surface area (Å²) in [5.74, 6) is 2.87. The molecule has 2 fully saturated rings. The molecule has 4 atom stereocenters. The van der Waals surface area contributed by atoms with E-state index in [4.69, 9.17) is 4.74 Å². The molecule has 16 heavy (non-hydrogen) atoms. The molecule has 4 unspecified atom stereocenters. The molecule has 0 spiro atoms. The fraction of sp³-hybridized carbons (Fsp3) is 1.00. The lowest BCUT2D eigenvalue weighted by Crippen LogP contribution is -2.34. The molecule has 2 saturated carbocycles. The number of aliphatic hydroxyl groups excluding tert-OH is 1. The van der Waals surface area contributed by atoms with Crippen molar-refractivity contribution in [3.8, 4) is 0 Å². The molecule has 0 aromatic rings. The average Bonchev–Trinajstić information content (AvgIpc) is 2.88. The Morgan fingerprint density at radius 2 is 2.25 bits per heavy atom.